The average Bonchev–Trinajstić information content (AvgIpc) is 3.52. The molecule has 196 valence electrons. The summed E-state index contributed by atoms with van der Waals surface area (Å²) < 4.78 is 31.4. The van der Waals surface area contributed by atoms with Crippen molar-refractivity contribution in [3.8, 4) is 11.6 Å². The zero-order valence-electron chi connectivity index (χ0n) is 21.2. The van der Waals surface area contributed by atoms with Gasteiger partial charge in [0.05, 0.1) is 35.4 Å². The van der Waals surface area contributed by atoms with Crippen molar-refractivity contribution in [2.24, 2.45) is 7.05 Å². The molecule has 7 rings (SSSR count). The Bertz CT molecular complexity index is 1920. The zero-order chi connectivity index (χ0) is 26.5. The largest absolute Gasteiger partial charge is 0.438 e. The first kappa shape index (κ1) is 23.5. The van der Waals surface area contributed by atoms with Crippen LogP contribution in [-0.2, 0) is 18.3 Å². The molecule has 1 aliphatic rings. The molecule has 0 saturated carbocycles. The van der Waals surface area contributed by atoms with Gasteiger partial charge in [-0.1, -0.05) is 18.2 Å². The highest BCUT2D eigenvalue weighted by Crippen LogP contribution is 2.34. The van der Waals surface area contributed by atoms with Gasteiger partial charge in [0.25, 0.3) is 5.56 Å². The number of nitrogens with zero attached hydrogens (tertiary/aromatic N) is 6. The minimum atomic E-state index is -0.370. The van der Waals surface area contributed by atoms with E-state index in [1.807, 2.05) is 40.6 Å². The first-order valence-corrected chi connectivity index (χ1v) is 12.9. The van der Waals surface area contributed by atoms with Crippen LogP contribution >= 0.6 is 0 Å². The molecule has 0 aliphatic carbocycles. The van der Waals surface area contributed by atoms with Crippen LogP contribution in [0.1, 0.15) is 31.1 Å². The maximum absolute atomic E-state index is 14.2. The quantitative estimate of drug-likeness (QED) is 0.304. The van der Waals surface area contributed by atoms with Crippen LogP contribution in [0.4, 0.5) is 4.39 Å². The fourth-order valence-corrected chi connectivity index (χ4v) is 5.39. The number of hydrogen-bond acceptors (Lipinski definition) is 6. The minimum absolute atomic E-state index is 0.0482. The van der Waals surface area contributed by atoms with Gasteiger partial charge in [-0.05, 0) is 43.5 Å². The fraction of sp³-hybridized carbons (Fsp3) is 0.241. The summed E-state index contributed by atoms with van der Waals surface area (Å²) in [6.07, 6.45) is 8.13. The topological polar surface area (TPSA) is 89.0 Å². The Hall–Kier alpha value is -4.57. The Morgan fingerprint density at radius 2 is 1.90 bits per heavy atom. The van der Waals surface area contributed by atoms with Crippen LogP contribution in [0.25, 0.3) is 32.7 Å². The first-order chi connectivity index (χ1) is 19.1. The number of hydrogen-bond donors (Lipinski definition) is 0. The van der Waals surface area contributed by atoms with Crippen molar-refractivity contribution in [2.45, 2.75) is 32.0 Å². The SMILES string of the molecule is Cn1c2cc(Oc3nccc4c3cnn4C3CCCCO3)ccc2c2cnn(Cc3ccccc3F)c(=O)c21. The van der Waals surface area contributed by atoms with E-state index in [0.29, 0.717) is 22.7 Å². The molecule has 0 N–H and O–H groups in total. The first-order valence-electron chi connectivity index (χ1n) is 12.9. The highest BCUT2D eigenvalue weighted by molar-refractivity contribution is 6.07. The summed E-state index contributed by atoms with van der Waals surface area (Å²) in [6, 6.07) is 13.9. The third-order valence-corrected chi connectivity index (χ3v) is 7.38. The van der Waals surface area contributed by atoms with Crippen LogP contribution in [0.5, 0.6) is 11.6 Å². The molecule has 1 aliphatic heterocycles. The van der Waals surface area contributed by atoms with Gasteiger partial charge in [0.1, 0.15) is 17.1 Å². The van der Waals surface area contributed by atoms with Crippen molar-refractivity contribution >= 4 is 32.7 Å². The summed E-state index contributed by atoms with van der Waals surface area (Å²) in [5, 5.41) is 11.3. The Balaban J connectivity index is 1.25. The number of rotatable bonds is 5. The van der Waals surface area contributed by atoms with E-state index in [1.165, 1.54) is 10.7 Å². The molecule has 0 spiro atoms. The van der Waals surface area contributed by atoms with Gasteiger partial charge in [0, 0.05) is 42.3 Å². The lowest BCUT2D eigenvalue weighted by Gasteiger charge is -2.23. The molecule has 9 nitrogen and oxygen atoms in total. The summed E-state index contributed by atoms with van der Waals surface area (Å²) in [4.78, 5) is 17.8. The van der Waals surface area contributed by atoms with E-state index in [2.05, 4.69) is 15.2 Å². The second kappa shape index (κ2) is 9.32. The highest BCUT2D eigenvalue weighted by Gasteiger charge is 2.21. The van der Waals surface area contributed by atoms with Crippen LogP contribution in [0.15, 0.2) is 71.9 Å². The van der Waals surface area contributed by atoms with Crippen LogP contribution < -0.4 is 10.3 Å². The zero-order valence-corrected chi connectivity index (χ0v) is 21.2. The van der Waals surface area contributed by atoms with Crippen molar-refractivity contribution in [1.29, 1.82) is 0 Å². The van der Waals surface area contributed by atoms with Gasteiger partial charge < -0.3 is 14.0 Å². The molecule has 0 radical (unpaired) electrons. The lowest BCUT2D eigenvalue weighted by Crippen LogP contribution is -2.24. The molecule has 0 amide bonds. The third-order valence-electron chi connectivity index (χ3n) is 7.38. The Morgan fingerprint density at radius 1 is 1.03 bits per heavy atom. The van der Waals surface area contributed by atoms with E-state index < -0.39 is 0 Å². The number of aromatic nitrogens is 6. The van der Waals surface area contributed by atoms with Gasteiger partial charge >= 0.3 is 0 Å². The van der Waals surface area contributed by atoms with E-state index in [1.54, 1.807) is 36.8 Å². The number of aryl methyl sites for hydroxylation is 1. The van der Waals surface area contributed by atoms with E-state index in [4.69, 9.17) is 9.47 Å². The van der Waals surface area contributed by atoms with E-state index in [9.17, 15) is 9.18 Å². The Labute approximate surface area is 222 Å². The predicted molar refractivity (Wildman–Crippen MR) is 144 cm³/mol. The van der Waals surface area contributed by atoms with Crippen LogP contribution in [0.2, 0.25) is 0 Å². The predicted octanol–water partition coefficient (Wildman–Crippen LogP) is 5.31. The van der Waals surface area contributed by atoms with Crippen molar-refractivity contribution in [2.75, 3.05) is 6.61 Å². The molecule has 0 bridgehead atoms. The molecule has 5 heterocycles. The summed E-state index contributed by atoms with van der Waals surface area (Å²) in [5.74, 6) is 0.655. The van der Waals surface area contributed by atoms with Crippen LogP contribution in [0.3, 0.4) is 0 Å². The molecule has 1 unspecified atom stereocenters. The molecule has 1 atom stereocenters. The van der Waals surface area contributed by atoms with E-state index in [-0.39, 0.29) is 24.1 Å². The highest BCUT2D eigenvalue weighted by atomic mass is 19.1. The summed E-state index contributed by atoms with van der Waals surface area (Å²) in [6.45, 7) is 0.780. The summed E-state index contributed by atoms with van der Waals surface area (Å²) in [7, 11) is 1.83. The van der Waals surface area contributed by atoms with Crippen molar-refractivity contribution < 1.29 is 13.9 Å². The van der Waals surface area contributed by atoms with Gasteiger partial charge in [0.15, 0.2) is 6.23 Å². The second-order valence-corrected chi connectivity index (χ2v) is 9.76. The van der Waals surface area contributed by atoms with Gasteiger partial charge in [-0.15, -0.1) is 0 Å². The monoisotopic (exact) mass is 524 g/mol. The molecular weight excluding hydrogens is 499 g/mol. The van der Waals surface area contributed by atoms with Crippen molar-refractivity contribution in [3.63, 3.8) is 0 Å². The van der Waals surface area contributed by atoms with Crippen LogP contribution in [-0.4, -0.2) is 35.7 Å². The van der Waals surface area contributed by atoms with Gasteiger partial charge in [-0.2, -0.15) is 10.2 Å². The fourth-order valence-electron chi connectivity index (χ4n) is 5.39. The summed E-state index contributed by atoms with van der Waals surface area (Å²) in [5.41, 5.74) is 2.31. The normalized spacial score (nSPS) is 15.9. The molecule has 1 fully saturated rings. The van der Waals surface area contributed by atoms with E-state index >= 15 is 0 Å². The van der Waals surface area contributed by atoms with Gasteiger partial charge in [-0.25, -0.2) is 18.7 Å². The Morgan fingerprint density at radius 3 is 2.74 bits per heavy atom. The van der Waals surface area contributed by atoms with Crippen LogP contribution in [0, 0.1) is 5.82 Å². The molecule has 4 aromatic heterocycles. The number of halogens is 1. The molecule has 39 heavy (non-hydrogen) atoms. The van der Waals surface area contributed by atoms with Crippen molar-refractivity contribution in [3.05, 3.63) is 88.9 Å². The number of benzene rings is 2. The number of pyridine rings is 1. The number of fused-ring (bicyclic) bond motifs is 4. The lowest BCUT2D eigenvalue weighted by atomic mass is 10.2. The molecule has 10 heteroatoms. The second-order valence-electron chi connectivity index (χ2n) is 9.76. The van der Waals surface area contributed by atoms with Crippen molar-refractivity contribution in [1.82, 2.24) is 29.1 Å². The maximum atomic E-state index is 14.2. The Kier molecular flexibility index (Phi) is 5.62. The number of ether oxygens (including phenoxy) is 2. The average molecular weight is 525 g/mol. The molecule has 2 aromatic carbocycles. The molecule has 6 aromatic rings. The molecular formula is C29H25FN6O3. The lowest BCUT2D eigenvalue weighted by molar-refractivity contribution is -0.0366. The smallest absolute Gasteiger partial charge is 0.291 e. The standard InChI is InChI=1S/C29H25FN6O3/c1-34-25-14-19(39-28-22-16-33-36(24(22)11-12-31-28)26-8-4-5-13-38-26)9-10-20(25)21-15-32-35(29(37)27(21)34)17-18-6-2-3-7-23(18)30/h2-3,6-7,9-12,14-16,26H,4-5,8,13,17H2,1H3. The summed E-state index contributed by atoms with van der Waals surface area (Å²) >= 11 is 0. The van der Waals surface area contributed by atoms with E-state index in [0.717, 1.165) is 53.1 Å². The molecule has 1 saturated heterocycles. The minimum Gasteiger partial charge on any atom is -0.438 e. The maximum Gasteiger partial charge on any atom is 0.291 e. The van der Waals surface area contributed by atoms with Gasteiger partial charge in [-0.3, -0.25) is 4.79 Å². The van der Waals surface area contributed by atoms with Gasteiger partial charge in [0.2, 0.25) is 5.88 Å². The third kappa shape index (κ3) is 3.95.